The van der Waals surface area contributed by atoms with Gasteiger partial charge in [-0.05, 0) is 29.8 Å². The van der Waals surface area contributed by atoms with Crippen molar-refractivity contribution < 1.29 is 59.3 Å². The van der Waals surface area contributed by atoms with Crippen LogP contribution in [0.5, 0.6) is 0 Å². The summed E-state index contributed by atoms with van der Waals surface area (Å²) in [6.45, 7) is 1.97. The van der Waals surface area contributed by atoms with Crippen molar-refractivity contribution in [2.45, 2.75) is 36.3 Å². The summed E-state index contributed by atoms with van der Waals surface area (Å²) >= 11 is 0. The van der Waals surface area contributed by atoms with Crippen molar-refractivity contribution in [1.82, 2.24) is 15.1 Å². The molecule has 1 atom stereocenters. The zero-order chi connectivity index (χ0) is 30.0. The van der Waals surface area contributed by atoms with Crippen LogP contribution in [-0.2, 0) is 33.3 Å². The molecule has 16 heteroatoms. The highest BCUT2D eigenvalue weighted by Gasteiger charge is 2.76. The van der Waals surface area contributed by atoms with Gasteiger partial charge in [0, 0.05) is 36.4 Å². The third-order valence-electron chi connectivity index (χ3n) is 7.42. The van der Waals surface area contributed by atoms with Crippen LogP contribution >= 0.6 is 0 Å². The van der Waals surface area contributed by atoms with Crippen LogP contribution in [-0.4, -0.2) is 107 Å². The topological polar surface area (TPSA) is 233 Å². The SMILES string of the molecule is O=C1c2cccc(NC(O)(O)c3ccc(CN4CCOCC4)cc3F)c2CN1C1(O)C(=O)NC(=O)C(O)(O)C1(O)O. The number of imide groups is 1. The summed E-state index contributed by atoms with van der Waals surface area (Å²) in [6, 6.07) is 7.53. The quantitative estimate of drug-likeness (QED) is 0.120. The summed E-state index contributed by atoms with van der Waals surface area (Å²) in [7, 11) is 0. The summed E-state index contributed by atoms with van der Waals surface area (Å²) in [6.07, 6.45) is 0. The molecule has 15 nitrogen and oxygen atoms in total. The third kappa shape index (κ3) is 4.45. The van der Waals surface area contributed by atoms with Gasteiger partial charge in [0.25, 0.3) is 35.1 Å². The van der Waals surface area contributed by atoms with Crippen molar-refractivity contribution in [3.05, 3.63) is 64.5 Å². The molecule has 2 aromatic carbocycles. The van der Waals surface area contributed by atoms with Gasteiger partial charge in [-0.1, -0.05) is 12.1 Å². The summed E-state index contributed by atoms with van der Waals surface area (Å²) in [5, 5.41) is 76.8. The molecule has 3 aliphatic rings. The molecule has 0 spiro atoms. The number of amides is 3. The number of hydrogen-bond acceptors (Lipinski definition) is 13. The molecule has 2 aromatic rings. The third-order valence-corrected chi connectivity index (χ3v) is 7.42. The minimum absolute atomic E-state index is 0.121. The monoisotopic (exact) mass is 578 g/mol. The predicted octanol–water partition coefficient (Wildman–Crippen LogP) is -3.47. The molecule has 9 N–H and O–H groups in total. The average Bonchev–Trinajstić information content (AvgIpc) is 3.25. The molecule has 0 bridgehead atoms. The van der Waals surface area contributed by atoms with Gasteiger partial charge in [-0.2, -0.15) is 0 Å². The summed E-state index contributed by atoms with van der Waals surface area (Å²) in [4.78, 5) is 39.7. The normalized spacial score (nSPS) is 24.3. The highest BCUT2D eigenvalue weighted by Crippen LogP contribution is 2.42. The number of piperidine rings is 1. The minimum Gasteiger partial charge on any atom is -0.379 e. The second-order valence-corrected chi connectivity index (χ2v) is 10.0. The number of benzene rings is 2. The maximum Gasteiger partial charge on any atom is 0.306 e. The smallest absolute Gasteiger partial charge is 0.306 e. The molecule has 220 valence electrons. The summed E-state index contributed by atoms with van der Waals surface area (Å²) < 4.78 is 20.3. The first-order valence-corrected chi connectivity index (χ1v) is 12.3. The fourth-order valence-corrected chi connectivity index (χ4v) is 5.07. The standard InChI is InChI=1S/C25H27FN4O11/c26-17-10-13(11-29-6-8-41-9-7-29)4-5-16(17)24(37,38)28-18-3-1-2-14-15(18)12-30(19(14)31)22(34)20(32)27-21(33)23(35,36)25(22,39)40/h1-5,10,28,34-40H,6-9,11-12H2,(H,27,32,33). The Hall–Kier alpha value is -3.58. The number of nitrogens with one attached hydrogen (secondary N) is 2. The van der Waals surface area contributed by atoms with E-state index in [0.717, 1.165) is 6.07 Å². The van der Waals surface area contributed by atoms with Crippen molar-refractivity contribution >= 4 is 23.4 Å². The number of halogens is 1. The number of ether oxygens (including phenoxy) is 1. The second-order valence-electron chi connectivity index (χ2n) is 10.0. The number of hydrogen-bond donors (Lipinski definition) is 9. The van der Waals surface area contributed by atoms with Crippen molar-refractivity contribution in [2.24, 2.45) is 0 Å². The van der Waals surface area contributed by atoms with E-state index >= 15 is 4.39 Å². The first kappa shape index (κ1) is 28.9. The number of nitrogens with zero attached hydrogens (tertiary/aromatic N) is 2. The number of rotatable bonds is 6. The van der Waals surface area contributed by atoms with Crippen molar-refractivity contribution in [2.75, 3.05) is 31.6 Å². The lowest BCUT2D eigenvalue weighted by Crippen LogP contribution is -2.85. The number of anilines is 1. The van der Waals surface area contributed by atoms with Gasteiger partial charge in [0.15, 0.2) is 0 Å². The van der Waals surface area contributed by atoms with E-state index in [1.54, 1.807) is 0 Å². The Morgan fingerprint density at radius 1 is 1.00 bits per heavy atom. The molecule has 2 saturated heterocycles. The lowest BCUT2D eigenvalue weighted by molar-refractivity contribution is -0.407. The minimum atomic E-state index is -4.30. The van der Waals surface area contributed by atoms with Crippen LogP contribution in [0, 0.1) is 5.82 Å². The van der Waals surface area contributed by atoms with Gasteiger partial charge in [-0.15, -0.1) is 0 Å². The molecular weight excluding hydrogens is 551 g/mol. The molecule has 41 heavy (non-hydrogen) atoms. The van der Waals surface area contributed by atoms with E-state index in [2.05, 4.69) is 5.32 Å². The molecule has 5 rings (SSSR count). The first-order valence-electron chi connectivity index (χ1n) is 12.3. The molecule has 2 fully saturated rings. The Labute approximate surface area is 230 Å². The van der Waals surface area contributed by atoms with Gasteiger partial charge in [0.1, 0.15) is 5.82 Å². The number of aliphatic hydroxyl groups is 7. The van der Waals surface area contributed by atoms with E-state index in [4.69, 9.17) is 4.74 Å². The molecular formula is C25H27FN4O11. The van der Waals surface area contributed by atoms with Crippen LogP contribution in [0.2, 0.25) is 0 Å². The van der Waals surface area contributed by atoms with E-state index in [1.165, 1.54) is 35.6 Å². The molecule has 3 amide bonds. The predicted molar refractivity (Wildman–Crippen MR) is 131 cm³/mol. The zero-order valence-corrected chi connectivity index (χ0v) is 21.2. The van der Waals surface area contributed by atoms with Crippen LogP contribution in [0.15, 0.2) is 36.4 Å². The number of carbonyl (C=O) groups excluding carboxylic acids is 3. The van der Waals surface area contributed by atoms with E-state index in [0.29, 0.717) is 38.4 Å². The Morgan fingerprint density at radius 2 is 1.68 bits per heavy atom. The zero-order valence-electron chi connectivity index (χ0n) is 21.2. The highest BCUT2D eigenvalue weighted by atomic mass is 19.1. The van der Waals surface area contributed by atoms with Crippen LogP contribution in [0.25, 0.3) is 0 Å². The molecule has 0 saturated carbocycles. The molecule has 3 heterocycles. The average molecular weight is 579 g/mol. The van der Waals surface area contributed by atoms with Gasteiger partial charge in [0.05, 0.1) is 25.3 Å². The van der Waals surface area contributed by atoms with Crippen LogP contribution < -0.4 is 10.6 Å². The maximum atomic E-state index is 15.1. The fraction of sp³-hybridized carbons (Fsp3) is 0.400. The van der Waals surface area contributed by atoms with Gasteiger partial charge < -0.3 is 45.8 Å². The number of carbonyl (C=O) groups is 3. The molecule has 3 aliphatic heterocycles. The molecule has 0 aliphatic carbocycles. The van der Waals surface area contributed by atoms with E-state index in [-0.39, 0.29) is 21.7 Å². The van der Waals surface area contributed by atoms with Crippen LogP contribution in [0.4, 0.5) is 10.1 Å². The molecule has 0 aromatic heterocycles. The highest BCUT2D eigenvalue weighted by molar-refractivity contribution is 6.10. The van der Waals surface area contributed by atoms with Crippen molar-refractivity contribution in [1.29, 1.82) is 0 Å². The second kappa shape index (κ2) is 9.76. The Bertz CT molecular complexity index is 1430. The number of fused-ring (bicyclic) bond motifs is 1. The van der Waals surface area contributed by atoms with Crippen LogP contribution in [0.3, 0.4) is 0 Å². The van der Waals surface area contributed by atoms with Gasteiger partial charge in [-0.3, -0.25) is 29.5 Å². The lowest BCUT2D eigenvalue weighted by atomic mass is 9.86. The Morgan fingerprint density at radius 3 is 2.34 bits per heavy atom. The van der Waals surface area contributed by atoms with E-state index in [1.807, 2.05) is 4.90 Å². The van der Waals surface area contributed by atoms with Crippen molar-refractivity contribution in [3.8, 4) is 0 Å². The molecule has 1 unspecified atom stereocenters. The summed E-state index contributed by atoms with van der Waals surface area (Å²) in [5.41, 5.74) is -4.39. The maximum absolute atomic E-state index is 15.1. The Balaban J connectivity index is 1.42. The summed E-state index contributed by atoms with van der Waals surface area (Å²) in [5.74, 6) is -17.5. The molecule has 0 radical (unpaired) electrons. The van der Waals surface area contributed by atoms with Crippen LogP contribution in [0.1, 0.15) is 27.0 Å². The fourth-order valence-electron chi connectivity index (χ4n) is 5.07. The number of morpholine rings is 1. The van der Waals surface area contributed by atoms with Gasteiger partial charge in [-0.25, -0.2) is 4.39 Å². The lowest BCUT2D eigenvalue weighted by Gasteiger charge is -2.50. The first-order chi connectivity index (χ1) is 19.1. The van der Waals surface area contributed by atoms with Crippen molar-refractivity contribution in [3.63, 3.8) is 0 Å². The Kier molecular flexibility index (Phi) is 6.89. The van der Waals surface area contributed by atoms with E-state index in [9.17, 15) is 50.1 Å². The largest absolute Gasteiger partial charge is 0.379 e. The van der Waals surface area contributed by atoms with E-state index < -0.39 is 58.9 Å². The van der Waals surface area contributed by atoms with Gasteiger partial charge >= 0.3 is 5.79 Å². The van der Waals surface area contributed by atoms with Gasteiger partial charge in [0.2, 0.25) is 0 Å².